The molecule has 5 nitrogen and oxygen atoms in total. The van der Waals surface area contributed by atoms with Crippen molar-refractivity contribution in [2.75, 3.05) is 26.2 Å². The molecule has 2 fully saturated rings. The van der Waals surface area contributed by atoms with Gasteiger partial charge in [-0.25, -0.2) is 0 Å². The van der Waals surface area contributed by atoms with Crippen molar-refractivity contribution in [1.29, 1.82) is 0 Å². The molecule has 2 amide bonds. The fourth-order valence-electron chi connectivity index (χ4n) is 3.09. The average Bonchev–Trinajstić information content (AvgIpc) is 3.35. The number of carbonyl (C=O) groups is 2. The fourth-order valence-corrected chi connectivity index (χ4v) is 3.09. The summed E-state index contributed by atoms with van der Waals surface area (Å²) in [7, 11) is 0. The number of rotatable bonds is 7. The van der Waals surface area contributed by atoms with Crippen LogP contribution in [0.25, 0.3) is 0 Å². The van der Waals surface area contributed by atoms with E-state index in [1.807, 2.05) is 0 Å². The van der Waals surface area contributed by atoms with Crippen molar-refractivity contribution >= 4 is 11.8 Å². The highest BCUT2D eigenvalue weighted by molar-refractivity contribution is 5.86. The Morgan fingerprint density at radius 3 is 2.55 bits per heavy atom. The second kappa shape index (κ2) is 7.44. The zero-order valence-electron chi connectivity index (χ0n) is 14.3. The molecular formula is C17H31N3O2. The maximum atomic E-state index is 11.9. The number of likely N-dealkylation sites (tertiary alicyclic amines) is 1. The van der Waals surface area contributed by atoms with Crippen LogP contribution in [-0.4, -0.2) is 48.4 Å². The molecular weight excluding hydrogens is 278 g/mol. The summed E-state index contributed by atoms with van der Waals surface area (Å²) in [5.74, 6) is 0.868. The first-order chi connectivity index (χ1) is 10.4. The summed E-state index contributed by atoms with van der Waals surface area (Å²) >= 11 is 0. The van der Waals surface area contributed by atoms with Crippen molar-refractivity contribution in [3.8, 4) is 0 Å². The van der Waals surface area contributed by atoms with E-state index in [1.165, 1.54) is 19.3 Å². The van der Waals surface area contributed by atoms with Crippen LogP contribution in [0.4, 0.5) is 0 Å². The van der Waals surface area contributed by atoms with Gasteiger partial charge in [-0.3, -0.25) is 14.5 Å². The third kappa shape index (κ3) is 4.97. The van der Waals surface area contributed by atoms with Gasteiger partial charge in [0.1, 0.15) is 0 Å². The molecule has 0 aromatic carbocycles. The lowest BCUT2D eigenvalue weighted by Gasteiger charge is -2.43. The number of carbonyl (C=O) groups excluding carboxylic acids is 2. The van der Waals surface area contributed by atoms with Crippen LogP contribution < -0.4 is 10.6 Å². The van der Waals surface area contributed by atoms with Gasteiger partial charge in [0, 0.05) is 24.5 Å². The maximum absolute atomic E-state index is 11.9. The molecule has 22 heavy (non-hydrogen) atoms. The second-order valence-corrected chi connectivity index (χ2v) is 7.44. The molecule has 2 aliphatic rings. The molecule has 0 aromatic heterocycles. The maximum Gasteiger partial charge on any atom is 0.239 e. The van der Waals surface area contributed by atoms with E-state index in [1.54, 1.807) is 0 Å². The van der Waals surface area contributed by atoms with Gasteiger partial charge in [0.25, 0.3) is 0 Å². The standard InChI is InChI=1S/C17H31N3O2/c1-4-13-6-5-9-20(11-13)17(2,3)12-19-15(21)10-18-16(22)14-7-8-14/h13-14H,4-12H2,1-3H3,(H,18,22)(H,19,21)/t13-/m0/s1. The lowest BCUT2D eigenvalue weighted by molar-refractivity contribution is -0.127. The molecule has 5 heteroatoms. The molecule has 0 spiro atoms. The van der Waals surface area contributed by atoms with Gasteiger partial charge >= 0.3 is 0 Å². The molecule has 2 rings (SSSR count). The van der Waals surface area contributed by atoms with E-state index in [0.29, 0.717) is 6.54 Å². The number of nitrogens with zero attached hydrogens (tertiary/aromatic N) is 1. The SMILES string of the molecule is CC[C@H]1CCCN(C(C)(C)CNC(=O)CNC(=O)C2CC2)C1. The zero-order chi connectivity index (χ0) is 16.2. The Labute approximate surface area is 134 Å². The van der Waals surface area contributed by atoms with Crippen molar-refractivity contribution < 1.29 is 9.59 Å². The van der Waals surface area contributed by atoms with Crippen LogP contribution in [-0.2, 0) is 9.59 Å². The molecule has 1 heterocycles. The van der Waals surface area contributed by atoms with Gasteiger partial charge < -0.3 is 10.6 Å². The smallest absolute Gasteiger partial charge is 0.239 e. The third-order valence-electron chi connectivity index (χ3n) is 5.04. The Kier molecular flexibility index (Phi) is 5.84. The van der Waals surface area contributed by atoms with Gasteiger partial charge in [-0.15, -0.1) is 0 Å². The lowest BCUT2D eigenvalue weighted by Crippen LogP contribution is -2.55. The minimum Gasteiger partial charge on any atom is -0.353 e. The van der Waals surface area contributed by atoms with Gasteiger partial charge in [0.2, 0.25) is 11.8 Å². The Hall–Kier alpha value is -1.10. The number of hydrogen-bond acceptors (Lipinski definition) is 3. The molecule has 1 saturated heterocycles. The minimum atomic E-state index is -0.0916. The van der Waals surface area contributed by atoms with Gasteiger partial charge in [-0.1, -0.05) is 13.3 Å². The summed E-state index contributed by atoms with van der Waals surface area (Å²) in [4.78, 5) is 25.9. The summed E-state index contributed by atoms with van der Waals surface area (Å²) < 4.78 is 0. The average molecular weight is 309 g/mol. The van der Waals surface area contributed by atoms with E-state index in [2.05, 4.69) is 36.3 Å². The molecule has 1 aliphatic heterocycles. The summed E-state index contributed by atoms with van der Waals surface area (Å²) in [6.07, 6.45) is 5.73. The van der Waals surface area contributed by atoms with E-state index in [-0.39, 0.29) is 29.8 Å². The topological polar surface area (TPSA) is 61.4 Å². The Balaban J connectivity index is 1.71. The first kappa shape index (κ1) is 17.3. The zero-order valence-corrected chi connectivity index (χ0v) is 14.3. The van der Waals surface area contributed by atoms with Crippen LogP contribution in [0.3, 0.4) is 0 Å². The van der Waals surface area contributed by atoms with Crippen molar-refractivity contribution in [3.05, 3.63) is 0 Å². The van der Waals surface area contributed by atoms with Crippen LogP contribution in [0.2, 0.25) is 0 Å². The Morgan fingerprint density at radius 2 is 1.91 bits per heavy atom. The van der Waals surface area contributed by atoms with Crippen molar-refractivity contribution in [2.45, 2.75) is 58.4 Å². The fraction of sp³-hybridized carbons (Fsp3) is 0.882. The molecule has 0 aromatic rings. The molecule has 2 N–H and O–H groups in total. The first-order valence-electron chi connectivity index (χ1n) is 8.72. The largest absolute Gasteiger partial charge is 0.353 e. The number of hydrogen-bond donors (Lipinski definition) is 2. The normalized spacial score (nSPS) is 23.1. The summed E-state index contributed by atoms with van der Waals surface area (Å²) in [6, 6.07) is 0. The first-order valence-corrected chi connectivity index (χ1v) is 8.72. The molecule has 1 saturated carbocycles. The van der Waals surface area contributed by atoms with Crippen LogP contribution in [0, 0.1) is 11.8 Å². The Bertz CT molecular complexity index is 405. The second-order valence-electron chi connectivity index (χ2n) is 7.44. The van der Waals surface area contributed by atoms with Crippen molar-refractivity contribution in [3.63, 3.8) is 0 Å². The Morgan fingerprint density at radius 1 is 1.18 bits per heavy atom. The van der Waals surface area contributed by atoms with Gasteiger partial charge in [-0.05, 0) is 52.0 Å². The van der Waals surface area contributed by atoms with E-state index in [4.69, 9.17) is 0 Å². The molecule has 0 bridgehead atoms. The predicted octanol–water partition coefficient (Wildman–Crippen LogP) is 1.53. The highest BCUT2D eigenvalue weighted by Gasteiger charge is 2.32. The van der Waals surface area contributed by atoms with Crippen molar-refractivity contribution in [1.82, 2.24) is 15.5 Å². The van der Waals surface area contributed by atoms with Crippen molar-refractivity contribution in [2.24, 2.45) is 11.8 Å². The quantitative estimate of drug-likeness (QED) is 0.750. The van der Waals surface area contributed by atoms with E-state index in [9.17, 15) is 9.59 Å². The molecule has 0 unspecified atom stereocenters. The van der Waals surface area contributed by atoms with Crippen LogP contribution in [0.1, 0.15) is 52.9 Å². The predicted molar refractivity (Wildman–Crippen MR) is 87.4 cm³/mol. The summed E-state index contributed by atoms with van der Waals surface area (Å²) in [5.41, 5.74) is -0.0377. The number of amides is 2. The monoisotopic (exact) mass is 309 g/mol. The molecule has 1 aliphatic carbocycles. The lowest BCUT2D eigenvalue weighted by atomic mass is 9.91. The minimum absolute atomic E-state index is 0.0243. The van der Waals surface area contributed by atoms with Crippen LogP contribution in [0.5, 0.6) is 0 Å². The summed E-state index contributed by atoms with van der Waals surface area (Å²) in [5, 5.41) is 5.68. The van der Waals surface area contributed by atoms with Gasteiger partial charge in [0.15, 0.2) is 0 Å². The third-order valence-corrected chi connectivity index (χ3v) is 5.04. The summed E-state index contributed by atoms with van der Waals surface area (Å²) in [6.45, 7) is 9.59. The van der Waals surface area contributed by atoms with E-state index in [0.717, 1.165) is 31.8 Å². The molecule has 0 radical (unpaired) electrons. The number of piperidine rings is 1. The molecule has 126 valence electrons. The van der Waals surface area contributed by atoms with E-state index >= 15 is 0 Å². The highest BCUT2D eigenvalue weighted by Crippen LogP contribution is 2.28. The highest BCUT2D eigenvalue weighted by atomic mass is 16.2. The number of nitrogens with one attached hydrogen (secondary N) is 2. The molecule has 1 atom stereocenters. The van der Waals surface area contributed by atoms with Crippen LogP contribution in [0.15, 0.2) is 0 Å². The van der Waals surface area contributed by atoms with E-state index < -0.39 is 0 Å². The van der Waals surface area contributed by atoms with Gasteiger partial charge in [-0.2, -0.15) is 0 Å². The van der Waals surface area contributed by atoms with Gasteiger partial charge in [0.05, 0.1) is 6.54 Å². The van der Waals surface area contributed by atoms with Crippen LogP contribution >= 0.6 is 0 Å².